The Morgan fingerprint density at radius 3 is 2.70 bits per heavy atom. The monoisotopic (exact) mass is 393 g/mol. The molecule has 0 saturated heterocycles. The highest BCUT2D eigenvalue weighted by molar-refractivity contribution is 6.25. The summed E-state index contributed by atoms with van der Waals surface area (Å²) in [6.07, 6.45) is 4.32. The SMILES string of the molecule is C=C/C(=C\C(F)=C\Cl)OCC(=O)NC(=C)CCC(=O)NCc1ccccn1. The second-order valence-electron chi connectivity index (χ2n) is 5.28. The molecular formula is C19H21ClFN3O3. The van der Waals surface area contributed by atoms with E-state index in [0.717, 1.165) is 17.3 Å². The molecule has 1 heterocycles. The van der Waals surface area contributed by atoms with Gasteiger partial charge in [0.2, 0.25) is 5.91 Å². The first-order chi connectivity index (χ1) is 12.9. The van der Waals surface area contributed by atoms with Gasteiger partial charge in [-0.25, -0.2) is 4.39 Å². The van der Waals surface area contributed by atoms with Crippen LogP contribution in [0.2, 0.25) is 0 Å². The number of ether oxygens (including phenoxy) is 1. The van der Waals surface area contributed by atoms with Crippen molar-refractivity contribution in [3.05, 3.63) is 78.2 Å². The van der Waals surface area contributed by atoms with Gasteiger partial charge in [0.15, 0.2) is 6.61 Å². The third-order valence-corrected chi connectivity index (χ3v) is 3.33. The lowest BCUT2D eigenvalue weighted by Gasteiger charge is -2.10. The van der Waals surface area contributed by atoms with Crippen molar-refractivity contribution in [2.45, 2.75) is 19.4 Å². The molecule has 8 heteroatoms. The highest BCUT2D eigenvalue weighted by Crippen LogP contribution is 2.08. The Morgan fingerprint density at radius 2 is 2.07 bits per heavy atom. The van der Waals surface area contributed by atoms with Crippen LogP contribution in [-0.2, 0) is 20.9 Å². The third-order valence-electron chi connectivity index (χ3n) is 3.12. The summed E-state index contributed by atoms with van der Waals surface area (Å²) < 4.78 is 18.1. The van der Waals surface area contributed by atoms with E-state index in [0.29, 0.717) is 12.2 Å². The van der Waals surface area contributed by atoms with Crippen LogP contribution in [0.15, 0.2) is 72.5 Å². The van der Waals surface area contributed by atoms with Gasteiger partial charge in [-0.05, 0) is 24.6 Å². The maximum atomic E-state index is 13.0. The zero-order valence-corrected chi connectivity index (χ0v) is 15.5. The fraction of sp³-hybridized carbons (Fsp3) is 0.211. The Balaban J connectivity index is 2.28. The van der Waals surface area contributed by atoms with E-state index in [1.807, 2.05) is 6.07 Å². The highest BCUT2D eigenvalue weighted by Gasteiger charge is 2.08. The minimum atomic E-state index is -0.729. The van der Waals surface area contributed by atoms with Crippen LogP contribution in [0.25, 0.3) is 0 Å². The Labute approximate surface area is 162 Å². The second-order valence-corrected chi connectivity index (χ2v) is 5.50. The number of nitrogens with zero attached hydrogens (tertiary/aromatic N) is 1. The van der Waals surface area contributed by atoms with Gasteiger partial charge in [-0.15, -0.1) is 0 Å². The summed E-state index contributed by atoms with van der Waals surface area (Å²) in [5, 5.41) is 5.24. The largest absolute Gasteiger partial charge is 0.484 e. The van der Waals surface area contributed by atoms with Gasteiger partial charge in [0, 0.05) is 29.9 Å². The van der Waals surface area contributed by atoms with Gasteiger partial charge in [-0.1, -0.05) is 30.8 Å². The Morgan fingerprint density at radius 1 is 1.30 bits per heavy atom. The first-order valence-electron chi connectivity index (χ1n) is 8.01. The lowest BCUT2D eigenvalue weighted by atomic mass is 10.2. The molecule has 1 aromatic rings. The summed E-state index contributed by atoms with van der Waals surface area (Å²) >= 11 is 5.20. The van der Waals surface area contributed by atoms with Gasteiger partial charge < -0.3 is 15.4 Å². The molecule has 1 aromatic heterocycles. The molecule has 0 radical (unpaired) electrons. The molecule has 0 fully saturated rings. The number of nitrogens with one attached hydrogen (secondary N) is 2. The van der Waals surface area contributed by atoms with E-state index in [4.69, 9.17) is 16.3 Å². The summed E-state index contributed by atoms with van der Waals surface area (Å²) in [5.74, 6) is -1.35. The summed E-state index contributed by atoms with van der Waals surface area (Å²) in [4.78, 5) is 27.7. The van der Waals surface area contributed by atoms with Gasteiger partial charge in [0.1, 0.15) is 11.6 Å². The third kappa shape index (κ3) is 9.96. The summed E-state index contributed by atoms with van der Waals surface area (Å²) in [5.41, 5.74) is 1.85. The molecule has 0 aromatic carbocycles. The van der Waals surface area contributed by atoms with Crippen molar-refractivity contribution in [1.82, 2.24) is 15.6 Å². The van der Waals surface area contributed by atoms with Crippen molar-refractivity contribution in [1.29, 1.82) is 0 Å². The van der Waals surface area contributed by atoms with E-state index in [2.05, 4.69) is 28.8 Å². The second kappa shape index (κ2) is 12.4. The van der Waals surface area contributed by atoms with Crippen LogP contribution in [0.1, 0.15) is 18.5 Å². The Hall–Kier alpha value is -2.93. The summed E-state index contributed by atoms with van der Waals surface area (Å²) in [7, 11) is 0. The molecule has 0 aliphatic heterocycles. The zero-order valence-electron chi connectivity index (χ0n) is 14.7. The topological polar surface area (TPSA) is 80.3 Å². The molecule has 6 nitrogen and oxygen atoms in total. The van der Waals surface area contributed by atoms with Crippen LogP contribution >= 0.6 is 11.6 Å². The van der Waals surface area contributed by atoms with Crippen molar-refractivity contribution >= 4 is 23.4 Å². The number of amides is 2. The predicted octanol–water partition coefficient (Wildman–Crippen LogP) is 3.24. The van der Waals surface area contributed by atoms with Crippen LogP contribution in [-0.4, -0.2) is 23.4 Å². The highest BCUT2D eigenvalue weighted by atomic mass is 35.5. The minimum absolute atomic E-state index is 0.0547. The predicted molar refractivity (Wildman–Crippen MR) is 102 cm³/mol. The fourth-order valence-electron chi connectivity index (χ4n) is 1.82. The van der Waals surface area contributed by atoms with Gasteiger partial charge in [-0.3, -0.25) is 14.6 Å². The Bertz CT molecular complexity index is 733. The van der Waals surface area contributed by atoms with Crippen LogP contribution in [0.5, 0.6) is 0 Å². The number of aromatic nitrogens is 1. The molecule has 1 rings (SSSR count). The standard InChI is InChI=1S/C19H21ClFN3O3/c1-3-17(10-15(21)11-20)27-13-19(26)24-14(2)7-8-18(25)23-12-16-6-4-5-9-22-16/h3-6,9-11H,1-2,7-8,12-13H2,(H,23,25)(H,24,26)/b15-11-,17-10+. The minimum Gasteiger partial charge on any atom is -0.484 e. The van der Waals surface area contributed by atoms with Gasteiger partial charge in [0.25, 0.3) is 5.91 Å². The number of pyridine rings is 1. The molecule has 144 valence electrons. The molecule has 0 bridgehead atoms. The normalized spacial score (nSPS) is 11.5. The quantitative estimate of drug-likeness (QED) is 0.446. The molecule has 0 aliphatic rings. The van der Waals surface area contributed by atoms with Crippen LogP contribution < -0.4 is 10.6 Å². The molecule has 27 heavy (non-hydrogen) atoms. The van der Waals surface area contributed by atoms with Crippen molar-refractivity contribution < 1.29 is 18.7 Å². The number of rotatable bonds is 11. The average molecular weight is 394 g/mol. The first kappa shape index (κ1) is 22.1. The van der Waals surface area contributed by atoms with Gasteiger partial charge in [0.05, 0.1) is 12.2 Å². The molecule has 0 aliphatic carbocycles. The lowest BCUT2D eigenvalue weighted by Crippen LogP contribution is -2.28. The smallest absolute Gasteiger partial charge is 0.262 e. The average Bonchev–Trinajstić information content (AvgIpc) is 2.68. The Kier molecular flexibility index (Phi) is 10.2. The molecular weight excluding hydrogens is 373 g/mol. The first-order valence-corrected chi connectivity index (χ1v) is 8.45. The van der Waals surface area contributed by atoms with E-state index >= 15 is 0 Å². The summed E-state index contributed by atoms with van der Waals surface area (Å²) in [6.45, 7) is 7.11. The van der Waals surface area contributed by atoms with E-state index in [1.54, 1.807) is 18.3 Å². The number of hydrogen-bond acceptors (Lipinski definition) is 4. The van der Waals surface area contributed by atoms with Crippen LogP contribution in [0.3, 0.4) is 0 Å². The number of halogens is 2. The van der Waals surface area contributed by atoms with Gasteiger partial charge in [-0.2, -0.15) is 0 Å². The van der Waals surface area contributed by atoms with E-state index in [-0.39, 0.29) is 31.1 Å². The molecule has 2 N–H and O–H groups in total. The van der Waals surface area contributed by atoms with Crippen molar-refractivity contribution in [3.63, 3.8) is 0 Å². The number of carbonyl (C=O) groups excluding carboxylic acids is 2. The zero-order chi connectivity index (χ0) is 20.1. The molecule has 0 unspecified atom stereocenters. The van der Waals surface area contributed by atoms with Crippen LogP contribution in [0.4, 0.5) is 4.39 Å². The fourth-order valence-corrected chi connectivity index (χ4v) is 1.88. The van der Waals surface area contributed by atoms with Gasteiger partial charge >= 0.3 is 0 Å². The van der Waals surface area contributed by atoms with Crippen molar-refractivity contribution in [3.8, 4) is 0 Å². The molecule has 0 saturated carbocycles. The summed E-state index contributed by atoms with van der Waals surface area (Å²) in [6, 6.07) is 5.43. The van der Waals surface area contributed by atoms with E-state index in [1.165, 1.54) is 6.08 Å². The molecule has 0 atom stereocenters. The van der Waals surface area contributed by atoms with E-state index < -0.39 is 11.7 Å². The lowest BCUT2D eigenvalue weighted by molar-refractivity contribution is -0.124. The molecule has 2 amide bonds. The van der Waals surface area contributed by atoms with E-state index in [9.17, 15) is 14.0 Å². The molecule has 0 spiro atoms. The number of carbonyl (C=O) groups is 2. The maximum Gasteiger partial charge on any atom is 0.262 e. The van der Waals surface area contributed by atoms with Crippen molar-refractivity contribution in [2.24, 2.45) is 0 Å². The number of allylic oxidation sites excluding steroid dienone is 4. The van der Waals surface area contributed by atoms with Crippen LogP contribution in [0, 0.1) is 0 Å². The number of hydrogen-bond donors (Lipinski definition) is 2. The van der Waals surface area contributed by atoms with Crippen molar-refractivity contribution in [2.75, 3.05) is 6.61 Å². The maximum absolute atomic E-state index is 13.0.